The predicted molar refractivity (Wildman–Crippen MR) is 81.6 cm³/mol. The number of carbonyl (C=O) groups is 1. The lowest BCUT2D eigenvalue weighted by atomic mass is 10.1. The Morgan fingerprint density at radius 1 is 1.38 bits per heavy atom. The average Bonchev–Trinajstić information content (AvgIpc) is 2.75. The summed E-state index contributed by atoms with van der Waals surface area (Å²) in [5, 5.41) is 3.29. The highest BCUT2D eigenvalue weighted by Crippen LogP contribution is 2.29. The molecule has 1 N–H and O–H groups in total. The van der Waals surface area contributed by atoms with E-state index < -0.39 is 10.8 Å². The lowest BCUT2D eigenvalue weighted by molar-refractivity contribution is -0.131. The van der Waals surface area contributed by atoms with Crippen LogP contribution < -0.4 is 5.32 Å². The van der Waals surface area contributed by atoms with Gasteiger partial charge in [0, 0.05) is 28.9 Å². The van der Waals surface area contributed by atoms with E-state index in [-0.39, 0.29) is 30.0 Å². The summed E-state index contributed by atoms with van der Waals surface area (Å²) < 4.78 is 24.5. The Hall–Kier alpha value is -1.27. The lowest BCUT2D eigenvalue weighted by Gasteiger charge is -2.30. The quantitative estimate of drug-likeness (QED) is 0.902. The first kappa shape index (κ1) is 16.1. The number of benzene rings is 1. The summed E-state index contributed by atoms with van der Waals surface area (Å²) in [5.41, 5.74) is 0.842. The molecular formula is C15H21FN2O2S. The van der Waals surface area contributed by atoms with Gasteiger partial charge in [-0.2, -0.15) is 0 Å². The Morgan fingerprint density at radius 2 is 2.00 bits per heavy atom. The summed E-state index contributed by atoms with van der Waals surface area (Å²) in [5.74, 6) is 0.149. The van der Waals surface area contributed by atoms with Crippen molar-refractivity contribution in [1.29, 1.82) is 0 Å². The summed E-state index contributed by atoms with van der Waals surface area (Å²) >= 11 is 0. The normalized spacial score (nSPS) is 25.1. The third-order valence-electron chi connectivity index (χ3n) is 3.73. The van der Waals surface area contributed by atoms with Crippen LogP contribution in [-0.4, -0.2) is 39.1 Å². The molecule has 1 aromatic rings. The molecule has 1 aliphatic heterocycles. The van der Waals surface area contributed by atoms with Gasteiger partial charge in [0.1, 0.15) is 12.0 Å². The van der Waals surface area contributed by atoms with Crippen molar-refractivity contribution in [3.8, 4) is 0 Å². The van der Waals surface area contributed by atoms with Crippen molar-refractivity contribution in [3.63, 3.8) is 0 Å². The average molecular weight is 312 g/mol. The Balaban J connectivity index is 2.29. The van der Waals surface area contributed by atoms with Gasteiger partial charge in [-0.15, -0.1) is 0 Å². The van der Waals surface area contributed by atoms with Gasteiger partial charge in [-0.25, -0.2) is 4.39 Å². The molecule has 0 aliphatic carbocycles. The van der Waals surface area contributed by atoms with Gasteiger partial charge < -0.3 is 4.90 Å². The molecule has 4 atom stereocenters. The molecule has 116 valence electrons. The van der Waals surface area contributed by atoms with E-state index in [1.807, 2.05) is 13.8 Å². The van der Waals surface area contributed by atoms with Crippen molar-refractivity contribution in [1.82, 2.24) is 10.2 Å². The number of hydrogen-bond acceptors (Lipinski definition) is 3. The monoisotopic (exact) mass is 312 g/mol. The molecule has 4 unspecified atom stereocenters. The second kappa shape index (κ2) is 6.66. The Labute approximate surface area is 127 Å². The molecule has 4 nitrogen and oxygen atoms in total. The zero-order valence-corrected chi connectivity index (χ0v) is 13.3. The number of amides is 1. The zero-order valence-electron chi connectivity index (χ0n) is 12.5. The van der Waals surface area contributed by atoms with Crippen LogP contribution in [0.2, 0.25) is 0 Å². The third kappa shape index (κ3) is 3.49. The van der Waals surface area contributed by atoms with Crippen LogP contribution in [0.25, 0.3) is 0 Å². The molecule has 1 aliphatic rings. The maximum atomic E-state index is 13.1. The number of halogens is 1. The maximum absolute atomic E-state index is 13.1. The molecule has 1 aromatic carbocycles. The van der Waals surface area contributed by atoms with Crippen molar-refractivity contribution in [3.05, 3.63) is 35.6 Å². The fraction of sp³-hybridized carbons (Fsp3) is 0.533. The van der Waals surface area contributed by atoms with Gasteiger partial charge in [-0.1, -0.05) is 19.1 Å². The second-order valence-corrected chi connectivity index (χ2v) is 6.90. The lowest BCUT2D eigenvalue weighted by Crippen LogP contribution is -2.41. The first-order valence-electron chi connectivity index (χ1n) is 7.07. The van der Waals surface area contributed by atoms with Crippen LogP contribution >= 0.6 is 0 Å². The van der Waals surface area contributed by atoms with Crippen molar-refractivity contribution < 1.29 is 13.4 Å². The summed E-state index contributed by atoms with van der Waals surface area (Å²) in [7, 11) is -0.976. The predicted octanol–water partition coefficient (Wildman–Crippen LogP) is 1.80. The molecule has 0 spiro atoms. The van der Waals surface area contributed by atoms with Crippen molar-refractivity contribution in [2.45, 2.75) is 38.5 Å². The van der Waals surface area contributed by atoms with Gasteiger partial charge in [-0.05, 0) is 31.0 Å². The standard InChI is InChI=1S/C15H21FN2O2S/c1-4-13-15(19)18(10(2)9-21(3)20)14(17-13)11-5-7-12(16)8-6-11/h5-8,10,13-14,17H,4,9H2,1-3H3. The molecule has 0 radical (unpaired) electrons. The summed E-state index contributed by atoms with van der Waals surface area (Å²) in [6.07, 6.45) is 2.03. The molecule has 1 heterocycles. The Morgan fingerprint density at radius 3 is 2.52 bits per heavy atom. The van der Waals surface area contributed by atoms with Crippen LogP contribution in [-0.2, 0) is 15.6 Å². The van der Waals surface area contributed by atoms with Crippen molar-refractivity contribution >= 4 is 16.7 Å². The van der Waals surface area contributed by atoms with Gasteiger partial charge in [0.15, 0.2) is 0 Å². The fourth-order valence-electron chi connectivity index (χ4n) is 2.74. The minimum atomic E-state index is -0.976. The van der Waals surface area contributed by atoms with E-state index in [4.69, 9.17) is 0 Å². The van der Waals surface area contributed by atoms with E-state index in [0.717, 1.165) is 5.56 Å². The van der Waals surface area contributed by atoms with Gasteiger partial charge in [0.2, 0.25) is 5.91 Å². The number of nitrogens with zero attached hydrogens (tertiary/aromatic N) is 1. The minimum absolute atomic E-state index is 0.0183. The van der Waals surface area contributed by atoms with Gasteiger partial charge in [-0.3, -0.25) is 14.3 Å². The summed E-state index contributed by atoms with van der Waals surface area (Å²) in [6, 6.07) is 5.76. The SMILES string of the molecule is CCC1NC(c2ccc(F)cc2)N(C(C)CS(C)=O)C1=O. The molecule has 2 rings (SSSR count). The number of nitrogens with one attached hydrogen (secondary N) is 1. The Kier molecular flexibility index (Phi) is 5.11. The zero-order chi connectivity index (χ0) is 15.6. The van der Waals surface area contributed by atoms with E-state index >= 15 is 0 Å². The molecule has 1 fully saturated rings. The Bertz CT molecular complexity index is 535. The molecule has 1 saturated heterocycles. The highest BCUT2D eigenvalue weighted by atomic mass is 32.2. The molecular weight excluding hydrogens is 291 g/mol. The van der Waals surface area contributed by atoms with Crippen LogP contribution in [0.15, 0.2) is 24.3 Å². The first-order valence-corrected chi connectivity index (χ1v) is 8.80. The molecule has 21 heavy (non-hydrogen) atoms. The summed E-state index contributed by atoms with van der Waals surface area (Å²) in [4.78, 5) is 14.2. The minimum Gasteiger partial charge on any atom is -0.318 e. The van der Waals surface area contributed by atoms with E-state index in [0.29, 0.717) is 12.2 Å². The first-order chi connectivity index (χ1) is 9.93. The topological polar surface area (TPSA) is 49.4 Å². The molecule has 0 aromatic heterocycles. The van der Waals surface area contributed by atoms with E-state index in [9.17, 15) is 13.4 Å². The number of hydrogen-bond donors (Lipinski definition) is 1. The smallest absolute Gasteiger partial charge is 0.241 e. The number of carbonyl (C=O) groups excluding carboxylic acids is 1. The summed E-state index contributed by atoms with van der Waals surface area (Å²) in [6.45, 7) is 3.85. The van der Waals surface area contributed by atoms with Gasteiger partial charge >= 0.3 is 0 Å². The third-order valence-corrected chi connectivity index (χ3v) is 4.69. The van der Waals surface area contributed by atoms with Gasteiger partial charge in [0.25, 0.3) is 0 Å². The van der Waals surface area contributed by atoms with E-state index in [1.54, 1.807) is 23.3 Å². The van der Waals surface area contributed by atoms with E-state index in [1.165, 1.54) is 12.1 Å². The van der Waals surface area contributed by atoms with Gasteiger partial charge in [0.05, 0.1) is 6.04 Å². The number of rotatable bonds is 5. The molecule has 6 heteroatoms. The molecule has 1 amide bonds. The maximum Gasteiger partial charge on any atom is 0.241 e. The fourth-order valence-corrected chi connectivity index (χ4v) is 3.58. The van der Waals surface area contributed by atoms with Crippen LogP contribution in [0.5, 0.6) is 0 Å². The largest absolute Gasteiger partial charge is 0.318 e. The van der Waals surface area contributed by atoms with Crippen LogP contribution in [0.1, 0.15) is 32.0 Å². The van der Waals surface area contributed by atoms with Crippen LogP contribution in [0.3, 0.4) is 0 Å². The highest BCUT2D eigenvalue weighted by molar-refractivity contribution is 7.84. The second-order valence-electron chi connectivity index (χ2n) is 5.42. The van der Waals surface area contributed by atoms with Crippen LogP contribution in [0.4, 0.5) is 4.39 Å². The molecule has 0 saturated carbocycles. The molecule has 0 bridgehead atoms. The van der Waals surface area contributed by atoms with Crippen LogP contribution in [0, 0.1) is 5.82 Å². The van der Waals surface area contributed by atoms with Crippen molar-refractivity contribution in [2.75, 3.05) is 12.0 Å². The van der Waals surface area contributed by atoms with E-state index in [2.05, 4.69) is 5.32 Å². The van der Waals surface area contributed by atoms with Crippen molar-refractivity contribution in [2.24, 2.45) is 0 Å². The highest BCUT2D eigenvalue weighted by Gasteiger charge is 2.41.